The molecule has 1 atom stereocenters. The number of hydrogen-bond donors (Lipinski definition) is 4. The quantitative estimate of drug-likeness (QED) is 0.488. The Labute approximate surface area is 114 Å². The van der Waals surface area contributed by atoms with Gasteiger partial charge in [-0.2, -0.15) is 0 Å². The Morgan fingerprint density at radius 3 is 2.80 bits per heavy atom. The maximum absolute atomic E-state index is 11.5. The summed E-state index contributed by atoms with van der Waals surface area (Å²) in [6.45, 7) is 0.0644. The zero-order chi connectivity index (χ0) is 15.0. The van der Waals surface area contributed by atoms with Gasteiger partial charge in [0.2, 0.25) is 0 Å². The van der Waals surface area contributed by atoms with Crippen molar-refractivity contribution in [3.8, 4) is 0 Å². The van der Waals surface area contributed by atoms with E-state index in [-0.39, 0.29) is 19.4 Å². The van der Waals surface area contributed by atoms with E-state index in [1.54, 1.807) is 0 Å². The number of urea groups is 1. The van der Waals surface area contributed by atoms with Gasteiger partial charge in [0, 0.05) is 24.9 Å². The van der Waals surface area contributed by atoms with E-state index in [0.29, 0.717) is 5.69 Å². The van der Waals surface area contributed by atoms with Crippen LogP contribution in [0.5, 0.6) is 0 Å². The average molecular weight is 284 g/mol. The summed E-state index contributed by atoms with van der Waals surface area (Å²) in [6.07, 6.45) is 3.00. The molecule has 0 saturated carbocycles. The Hall–Kier alpha value is -2.58. The molecule has 1 aromatic rings. The van der Waals surface area contributed by atoms with E-state index in [0.717, 1.165) is 0 Å². The van der Waals surface area contributed by atoms with Gasteiger partial charge in [-0.25, -0.2) is 14.6 Å². The van der Waals surface area contributed by atoms with E-state index in [4.69, 9.17) is 5.11 Å². The Bertz CT molecular complexity index is 459. The van der Waals surface area contributed by atoms with Crippen molar-refractivity contribution in [1.29, 1.82) is 0 Å². The number of carboxylic acids is 1. The van der Waals surface area contributed by atoms with Gasteiger partial charge in [0.25, 0.3) is 0 Å². The van der Waals surface area contributed by atoms with Crippen LogP contribution in [0.15, 0.2) is 12.5 Å². The Morgan fingerprint density at radius 1 is 1.50 bits per heavy atom. The molecule has 0 fully saturated rings. The number of aliphatic carboxylic acids is 1. The zero-order valence-electron chi connectivity index (χ0n) is 10.9. The first-order chi connectivity index (χ1) is 9.52. The fourth-order valence-corrected chi connectivity index (χ4v) is 1.41. The van der Waals surface area contributed by atoms with Crippen molar-refractivity contribution in [3.05, 3.63) is 18.2 Å². The van der Waals surface area contributed by atoms with Gasteiger partial charge in [0.05, 0.1) is 19.9 Å². The van der Waals surface area contributed by atoms with Gasteiger partial charge in [0.15, 0.2) is 0 Å². The van der Waals surface area contributed by atoms with Crippen molar-refractivity contribution in [2.75, 3.05) is 13.7 Å². The van der Waals surface area contributed by atoms with E-state index in [1.807, 2.05) is 0 Å². The van der Waals surface area contributed by atoms with Gasteiger partial charge in [-0.1, -0.05) is 0 Å². The number of rotatable bonds is 7. The number of amides is 2. The van der Waals surface area contributed by atoms with Crippen LogP contribution in [0.4, 0.5) is 4.79 Å². The van der Waals surface area contributed by atoms with Crippen molar-refractivity contribution in [1.82, 2.24) is 20.6 Å². The summed E-state index contributed by atoms with van der Waals surface area (Å²) in [5.74, 6) is -1.62. The van der Waals surface area contributed by atoms with E-state index in [9.17, 15) is 14.4 Å². The number of carboxylic acid groups (broad SMARTS) is 1. The highest BCUT2D eigenvalue weighted by atomic mass is 16.5. The first-order valence-electron chi connectivity index (χ1n) is 5.84. The molecule has 1 unspecified atom stereocenters. The van der Waals surface area contributed by atoms with Crippen molar-refractivity contribution >= 4 is 18.0 Å². The van der Waals surface area contributed by atoms with E-state index in [1.165, 1.54) is 19.6 Å². The Kier molecular flexibility index (Phi) is 6.01. The second kappa shape index (κ2) is 7.77. The van der Waals surface area contributed by atoms with Crippen molar-refractivity contribution in [2.45, 2.75) is 18.9 Å². The number of H-pyrrole nitrogens is 1. The van der Waals surface area contributed by atoms with Gasteiger partial charge >= 0.3 is 18.0 Å². The molecular weight excluding hydrogens is 268 g/mol. The smallest absolute Gasteiger partial charge is 0.326 e. The highest BCUT2D eigenvalue weighted by Gasteiger charge is 2.20. The molecule has 2 amide bonds. The molecule has 20 heavy (non-hydrogen) atoms. The number of aromatic nitrogens is 2. The first kappa shape index (κ1) is 15.5. The molecule has 0 radical (unpaired) electrons. The van der Waals surface area contributed by atoms with Gasteiger partial charge in [-0.15, -0.1) is 0 Å². The second-order valence-electron chi connectivity index (χ2n) is 3.90. The maximum atomic E-state index is 11.5. The van der Waals surface area contributed by atoms with Crippen LogP contribution in [-0.4, -0.2) is 52.7 Å². The van der Waals surface area contributed by atoms with Gasteiger partial charge in [-0.05, 0) is 0 Å². The number of esters is 1. The number of methoxy groups -OCH3 is 1. The molecule has 0 saturated heterocycles. The minimum absolute atomic E-state index is 0.0161. The number of nitrogens with one attached hydrogen (secondary N) is 3. The number of aromatic amines is 1. The predicted octanol–water partition coefficient (Wildman–Crippen LogP) is -0.732. The fraction of sp³-hybridized carbons (Fsp3) is 0.455. The van der Waals surface area contributed by atoms with E-state index in [2.05, 4.69) is 25.3 Å². The topological polar surface area (TPSA) is 133 Å². The number of hydrogen-bond acceptors (Lipinski definition) is 5. The van der Waals surface area contributed by atoms with Crippen LogP contribution >= 0.6 is 0 Å². The number of nitrogens with zero attached hydrogens (tertiary/aromatic N) is 1. The summed E-state index contributed by atoms with van der Waals surface area (Å²) in [4.78, 5) is 39.9. The van der Waals surface area contributed by atoms with Crippen molar-refractivity contribution in [2.24, 2.45) is 0 Å². The minimum Gasteiger partial charge on any atom is -0.480 e. The molecule has 4 N–H and O–H groups in total. The van der Waals surface area contributed by atoms with Crippen LogP contribution in [0.25, 0.3) is 0 Å². The molecule has 0 aliphatic carbocycles. The van der Waals surface area contributed by atoms with Crippen LogP contribution in [0, 0.1) is 0 Å². The third-order valence-electron chi connectivity index (χ3n) is 2.42. The molecular formula is C11H16N4O5. The molecule has 1 heterocycles. The number of carbonyl (C=O) groups is 3. The molecule has 0 aliphatic rings. The molecule has 1 aromatic heterocycles. The summed E-state index contributed by atoms with van der Waals surface area (Å²) in [5.41, 5.74) is 0.590. The molecule has 0 aliphatic heterocycles. The molecule has 9 nitrogen and oxygen atoms in total. The van der Waals surface area contributed by atoms with Crippen LogP contribution in [0.2, 0.25) is 0 Å². The predicted molar refractivity (Wildman–Crippen MR) is 66.9 cm³/mol. The lowest BCUT2D eigenvalue weighted by atomic mass is 10.2. The third-order valence-corrected chi connectivity index (χ3v) is 2.42. The first-order valence-corrected chi connectivity index (χ1v) is 5.84. The number of ether oxygens (including phenoxy) is 1. The third kappa shape index (κ3) is 5.38. The Balaban J connectivity index is 2.39. The summed E-state index contributed by atoms with van der Waals surface area (Å²) >= 11 is 0. The molecule has 9 heteroatoms. The lowest BCUT2D eigenvalue weighted by Gasteiger charge is -2.14. The average Bonchev–Trinajstić information content (AvgIpc) is 2.90. The van der Waals surface area contributed by atoms with E-state index >= 15 is 0 Å². The molecule has 0 spiro atoms. The minimum atomic E-state index is -1.16. The monoisotopic (exact) mass is 284 g/mol. The summed E-state index contributed by atoms with van der Waals surface area (Å²) < 4.78 is 4.41. The van der Waals surface area contributed by atoms with Crippen LogP contribution in [-0.2, 0) is 20.7 Å². The van der Waals surface area contributed by atoms with Crippen LogP contribution in [0.3, 0.4) is 0 Å². The van der Waals surface area contributed by atoms with Crippen LogP contribution in [0.1, 0.15) is 12.1 Å². The summed E-state index contributed by atoms with van der Waals surface area (Å²) in [6, 6.07) is -1.76. The normalized spacial score (nSPS) is 11.4. The van der Waals surface area contributed by atoms with Crippen molar-refractivity contribution in [3.63, 3.8) is 0 Å². The summed E-state index contributed by atoms with van der Waals surface area (Å²) in [7, 11) is 1.24. The van der Waals surface area contributed by atoms with Gasteiger partial charge < -0.3 is 25.5 Å². The fourth-order valence-electron chi connectivity index (χ4n) is 1.41. The van der Waals surface area contributed by atoms with Crippen molar-refractivity contribution < 1.29 is 24.2 Å². The Morgan fingerprint density at radius 2 is 2.25 bits per heavy atom. The maximum Gasteiger partial charge on any atom is 0.326 e. The molecule has 0 aromatic carbocycles. The number of carbonyl (C=O) groups excluding carboxylic acids is 2. The lowest BCUT2D eigenvalue weighted by molar-refractivity contribution is -0.141. The zero-order valence-corrected chi connectivity index (χ0v) is 10.9. The summed E-state index contributed by atoms with van der Waals surface area (Å²) in [5, 5.41) is 13.7. The van der Waals surface area contributed by atoms with E-state index < -0.39 is 24.0 Å². The molecule has 1 rings (SSSR count). The van der Waals surface area contributed by atoms with Crippen LogP contribution < -0.4 is 10.6 Å². The lowest BCUT2D eigenvalue weighted by Crippen LogP contribution is -2.47. The highest BCUT2D eigenvalue weighted by molar-refractivity contribution is 5.83. The molecule has 110 valence electrons. The van der Waals surface area contributed by atoms with Gasteiger partial charge in [-0.3, -0.25) is 4.79 Å². The van der Waals surface area contributed by atoms with Gasteiger partial charge in [0.1, 0.15) is 6.04 Å². The second-order valence-corrected chi connectivity index (χ2v) is 3.90. The number of imidazole rings is 1. The largest absolute Gasteiger partial charge is 0.480 e. The SMILES string of the molecule is COC(=O)CCNC(=O)NC(Cc1cnc[nH]1)C(=O)O. The standard InChI is InChI=1S/C11H16N4O5/c1-20-9(16)2-3-13-11(19)15-8(10(17)18)4-7-5-12-6-14-7/h5-6,8H,2-4H2,1H3,(H,12,14)(H,17,18)(H2,13,15,19). The molecule has 0 bridgehead atoms. The highest BCUT2D eigenvalue weighted by Crippen LogP contribution is 1.98.